The number of ether oxygens (including phenoxy) is 3. The Balaban J connectivity index is 1.56. The fourth-order valence-corrected chi connectivity index (χ4v) is 4.21. The molecule has 3 heterocycles. The number of fused-ring (bicyclic) bond motifs is 7. The molecule has 0 atom stereocenters. The number of aromatic nitrogens is 2. The number of imidazole rings is 1. The minimum Gasteiger partial charge on any atom is -0.493 e. The average Bonchev–Trinajstić information content (AvgIpc) is 3.29. The molecule has 0 spiro atoms. The van der Waals surface area contributed by atoms with Crippen molar-refractivity contribution in [2.45, 2.75) is 13.1 Å². The molecule has 2 aromatic carbocycles. The van der Waals surface area contributed by atoms with E-state index >= 15 is 0 Å². The second-order valence-electron chi connectivity index (χ2n) is 7.91. The Morgan fingerprint density at radius 2 is 2.00 bits per heavy atom. The molecule has 1 saturated heterocycles. The highest BCUT2D eigenvalue weighted by atomic mass is 16.5. The predicted molar refractivity (Wildman–Crippen MR) is 119 cm³/mol. The summed E-state index contributed by atoms with van der Waals surface area (Å²) in [6.07, 6.45) is 3.86. The van der Waals surface area contributed by atoms with Crippen molar-refractivity contribution < 1.29 is 14.2 Å². The van der Waals surface area contributed by atoms with Crippen LogP contribution in [0.1, 0.15) is 11.1 Å². The number of hydrogen-bond acceptors (Lipinski definition) is 6. The quantitative estimate of drug-likeness (QED) is 0.703. The van der Waals surface area contributed by atoms with E-state index in [4.69, 9.17) is 14.2 Å². The van der Waals surface area contributed by atoms with Crippen LogP contribution < -0.4 is 14.8 Å². The molecule has 0 radical (unpaired) electrons. The van der Waals surface area contributed by atoms with E-state index in [1.165, 1.54) is 11.1 Å². The summed E-state index contributed by atoms with van der Waals surface area (Å²) in [5.74, 6) is 2.34. The summed E-state index contributed by atoms with van der Waals surface area (Å²) in [7, 11) is 1.66. The second-order valence-corrected chi connectivity index (χ2v) is 7.91. The van der Waals surface area contributed by atoms with Gasteiger partial charge in [0.2, 0.25) is 0 Å². The minimum atomic E-state index is 0.564. The lowest BCUT2D eigenvalue weighted by Crippen LogP contribution is -2.35. The van der Waals surface area contributed by atoms with Crippen molar-refractivity contribution in [1.82, 2.24) is 19.8 Å². The van der Waals surface area contributed by atoms with Crippen molar-refractivity contribution in [2.75, 3.05) is 46.6 Å². The number of benzene rings is 2. The molecule has 7 heteroatoms. The largest absolute Gasteiger partial charge is 0.493 e. The lowest BCUT2D eigenvalue weighted by atomic mass is 10.1. The number of methoxy groups -OCH3 is 1. The van der Waals surface area contributed by atoms with Gasteiger partial charge in [-0.25, -0.2) is 4.98 Å². The molecule has 162 valence electrons. The Hall–Kier alpha value is -2.87. The molecular weight excluding hydrogens is 392 g/mol. The zero-order chi connectivity index (χ0) is 21.0. The SMILES string of the molecule is COc1ccc2cc1OCCNCc1cc(CN3CCOCC3)cc(c1)-n1ccnc1-2. The van der Waals surface area contributed by atoms with Gasteiger partial charge in [-0.3, -0.25) is 9.47 Å². The van der Waals surface area contributed by atoms with E-state index < -0.39 is 0 Å². The summed E-state index contributed by atoms with van der Waals surface area (Å²) >= 11 is 0. The first kappa shape index (κ1) is 20.1. The van der Waals surface area contributed by atoms with Crippen LogP contribution in [0.5, 0.6) is 11.5 Å². The van der Waals surface area contributed by atoms with Gasteiger partial charge in [-0.1, -0.05) is 6.07 Å². The van der Waals surface area contributed by atoms with E-state index in [0.29, 0.717) is 6.61 Å². The van der Waals surface area contributed by atoms with Gasteiger partial charge in [0, 0.05) is 56.4 Å². The van der Waals surface area contributed by atoms with Crippen molar-refractivity contribution in [3.8, 4) is 28.6 Å². The van der Waals surface area contributed by atoms with Crippen LogP contribution in [0.2, 0.25) is 0 Å². The summed E-state index contributed by atoms with van der Waals surface area (Å²) in [6, 6.07) is 12.8. The Labute approximate surface area is 182 Å². The van der Waals surface area contributed by atoms with E-state index in [1.807, 2.05) is 30.6 Å². The highest BCUT2D eigenvalue weighted by molar-refractivity contribution is 5.64. The van der Waals surface area contributed by atoms with E-state index in [9.17, 15) is 0 Å². The Morgan fingerprint density at radius 1 is 1.10 bits per heavy atom. The second kappa shape index (κ2) is 9.09. The van der Waals surface area contributed by atoms with E-state index in [0.717, 1.165) is 74.5 Å². The molecule has 1 N–H and O–H groups in total. The molecule has 0 aliphatic carbocycles. The fourth-order valence-electron chi connectivity index (χ4n) is 4.21. The van der Waals surface area contributed by atoms with E-state index in [-0.39, 0.29) is 0 Å². The number of morpholine rings is 1. The van der Waals surface area contributed by atoms with Gasteiger partial charge in [-0.05, 0) is 41.5 Å². The molecule has 2 aliphatic heterocycles. The van der Waals surface area contributed by atoms with Crippen LogP contribution in [0.15, 0.2) is 48.8 Å². The smallest absolute Gasteiger partial charge is 0.161 e. The maximum atomic E-state index is 6.01. The number of nitrogens with one attached hydrogen (secondary N) is 1. The standard InChI is InChI=1S/C24H28N4O3/c1-29-22-3-2-20-15-23(22)31-9-5-25-16-18-12-19(17-27-7-10-30-11-8-27)14-21(13-18)28-6-4-26-24(20)28/h2-4,6,12-15,25H,5,7-11,16-17H2,1H3. The highest BCUT2D eigenvalue weighted by Crippen LogP contribution is 2.33. The normalized spacial score (nSPS) is 16.9. The number of hydrogen-bond donors (Lipinski definition) is 1. The van der Waals surface area contributed by atoms with Gasteiger partial charge < -0.3 is 19.5 Å². The van der Waals surface area contributed by atoms with Crippen LogP contribution in [0.4, 0.5) is 0 Å². The van der Waals surface area contributed by atoms with Crippen LogP contribution in [0.3, 0.4) is 0 Å². The average molecular weight is 421 g/mol. The number of nitrogens with zero attached hydrogens (tertiary/aromatic N) is 3. The van der Waals surface area contributed by atoms with Gasteiger partial charge in [-0.15, -0.1) is 0 Å². The molecule has 0 saturated carbocycles. The van der Waals surface area contributed by atoms with Gasteiger partial charge in [0.25, 0.3) is 0 Å². The van der Waals surface area contributed by atoms with Crippen molar-refractivity contribution in [3.05, 3.63) is 59.9 Å². The zero-order valence-electron chi connectivity index (χ0n) is 17.8. The molecular formula is C24H28N4O3. The van der Waals surface area contributed by atoms with Gasteiger partial charge >= 0.3 is 0 Å². The topological polar surface area (TPSA) is 60.8 Å². The highest BCUT2D eigenvalue weighted by Gasteiger charge is 2.16. The third-order valence-corrected chi connectivity index (χ3v) is 5.75. The molecule has 5 rings (SSSR count). The summed E-state index contributed by atoms with van der Waals surface area (Å²) < 4.78 is 19.2. The van der Waals surface area contributed by atoms with Crippen LogP contribution in [0.25, 0.3) is 17.1 Å². The van der Waals surface area contributed by atoms with Crippen LogP contribution >= 0.6 is 0 Å². The van der Waals surface area contributed by atoms with Crippen LogP contribution in [-0.2, 0) is 17.8 Å². The van der Waals surface area contributed by atoms with Crippen molar-refractivity contribution in [1.29, 1.82) is 0 Å². The summed E-state index contributed by atoms with van der Waals surface area (Å²) in [5.41, 5.74) is 4.67. The van der Waals surface area contributed by atoms with E-state index in [1.54, 1.807) is 7.11 Å². The summed E-state index contributed by atoms with van der Waals surface area (Å²) in [5, 5.41) is 3.50. The van der Waals surface area contributed by atoms with Gasteiger partial charge in [-0.2, -0.15) is 0 Å². The first-order valence-corrected chi connectivity index (χ1v) is 10.8. The zero-order valence-corrected chi connectivity index (χ0v) is 17.8. The van der Waals surface area contributed by atoms with Gasteiger partial charge in [0.15, 0.2) is 11.5 Å². The Bertz CT molecular complexity index is 1040. The lowest BCUT2D eigenvalue weighted by molar-refractivity contribution is 0.0342. The molecule has 2 aliphatic rings. The van der Waals surface area contributed by atoms with Crippen LogP contribution in [0, 0.1) is 0 Å². The Morgan fingerprint density at radius 3 is 2.87 bits per heavy atom. The maximum Gasteiger partial charge on any atom is 0.161 e. The van der Waals surface area contributed by atoms with Crippen molar-refractivity contribution >= 4 is 0 Å². The fraction of sp³-hybridized carbons (Fsp3) is 0.375. The van der Waals surface area contributed by atoms with Gasteiger partial charge in [0.05, 0.1) is 20.3 Å². The molecule has 7 nitrogen and oxygen atoms in total. The first-order valence-electron chi connectivity index (χ1n) is 10.8. The molecule has 31 heavy (non-hydrogen) atoms. The number of rotatable bonds is 3. The van der Waals surface area contributed by atoms with Crippen molar-refractivity contribution in [2.24, 2.45) is 0 Å². The van der Waals surface area contributed by atoms with Gasteiger partial charge in [0.1, 0.15) is 12.4 Å². The van der Waals surface area contributed by atoms with Crippen molar-refractivity contribution in [3.63, 3.8) is 0 Å². The lowest BCUT2D eigenvalue weighted by Gasteiger charge is -2.27. The maximum absolute atomic E-state index is 6.01. The monoisotopic (exact) mass is 420 g/mol. The molecule has 0 amide bonds. The molecule has 1 fully saturated rings. The van der Waals surface area contributed by atoms with E-state index in [2.05, 4.69) is 38.0 Å². The summed E-state index contributed by atoms with van der Waals surface area (Å²) in [6.45, 7) is 6.57. The minimum absolute atomic E-state index is 0.564. The third kappa shape index (κ3) is 4.44. The molecule has 1 aromatic heterocycles. The van der Waals surface area contributed by atoms with Crippen LogP contribution in [-0.4, -0.2) is 61.0 Å². The first-order chi connectivity index (χ1) is 15.3. The molecule has 4 bridgehead atoms. The molecule has 0 unspecified atom stereocenters. The Kier molecular flexibility index (Phi) is 5.88. The third-order valence-electron chi connectivity index (χ3n) is 5.75. The molecule has 3 aromatic rings. The predicted octanol–water partition coefficient (Wildman–Crippen LogP) is 2.86. The summed E-state index contributed by atoms with van der Waals surface area (Å²) in [4.78, 5) is 7.11.